The third-order valence-corrected chi connectivity index (χ3v) is 5.05. The lowest BCUT2D eigenvalue weighted by atomic mass is 9.95. The van der Waals surface area contributed by atoms with E-state index in [0.717, 1.165) is 0 Å². The van der Waals surface area contributed by atoms with Crippen LogP contribution in [0.25, 0.3) is 5.76 Å². The summed E-state index contributed by atoms with van der Waals surface area (Å²) >= 11 is 12.1. The van der Waals surface area contributed by atoms with E-state index in [-0.39, 0.29) is 29.3 Å². The van der Waals surface area contributed by atoms with Crippen molar-refractivity contribution in [2.45, 2.75) is 6.04 Å². The van der Waals surface area contributed by atoms with Gasteiger partial charge in [-0.05, 0) is 35.9 Å². The number of Topliss-reactive ketones (excluding diaryl/α,β-unsaturated/α-hetero) is 1. The highest BCUT2D eigenvalue weighted by atomic mass is 35.5. The second-order valence-electron chi connectivity index (χ2n) is 6.11. The van der Waals surface area contributed by atoms with Gasteiger partial charge in [-0.1, -0.05) is 35.3 Å². The number of ketones is 1. The number of methoxy groups -OCH3 is 1. The van der Waals surface area contributed by atoms with Crippen molar-refractivity contribution in [2.24, 2.45) is 0 Å². The Bertz CT molecular complexity index is 956. The number of β-amino-alcohol motifs (C(OH)–C–C–N with tert-alkyl or cyclic N) is 1. The van der Waals surface area contributed by atoms with E-state index in [4.69, 9.17) is 27.9 Å². The van der Waals surface area contributed by atoms with E-state index in [1.165, 1.54) is 30.2 Å². The first kappa shape index (κ1) is 20.2. The summed E-state index contributed by atoms with van der Waals surface area (Å²) in [4.78, 5) is 26.5. The Balaban J connectivity index is 2.19. The zero-order chi connectivity index (χ0) is 20.4. The van der Waals surface area contributed by atoms with Gasteiger partial charge in [-0.3, -0.25) is 9.59 Å². The molecule has 1 aliphatic rings. The number of rotatable bonds is 5. The topological polar surface area (TPSA) is 87.1 Å². The number of hydrogen-bond acceptors (Lipinski definition) is 5. The van der Waals surface area contributed by atoms with Gasteiger partial charge in [0.1, 0.15) is 11.5 Å². The SMILES string of the molecule is COc1ccc(C2C(=C(O)c3ccc(Cl)cc3Cl)C(=O)C(=O)N2CCO)cc1. The molecule has 1 unspecified atom stereocenters. The molecule has 8 heteroatoms. The smallest absolute Gasteiger partial charge is 0.295 e. The summed E-state index contributed by atoms with van der Waals surface area (Å²) < 4.78 is 5.14. The number of benzene rings is 2. The minimum atomic E-state index is -0.871. The van der Waals surface area contributed by atoms with Gasteiger partial charge in [0.15, 0.2) is 0 Å². The maximum Gasteiger partial charge on any atom is 0.295 e. The molecular weight excluding hydrogens is 405 g/mol. The average Bonchev–Trinajstić information content (AvgIpc) is 2.93. The number of hydrogen-bond donors (Lipinski definition) is 2. The lowest BCUT2D eigenvalue weighted by Gasteiger charge is -2.24. The first-order valence-electron chi connectivity index (χ1n) is 8.37. The number of likely N-dealkylation sites (tertiary alicyclic amines) is 1. The number of aliphatic hydroxyl groups is 2. The first-order chi connectivity index (χ1) is 13.4. The van der Waals surface area contributed by atoms with E-state index in [2.05, 4.69) is 0 Å². The van der Waals surface area contributed by atoms with E-state index in [1.54, 1.807) is 24.3 Å². The minimum Gasteiger partial charge on any atom is -0.507 e. The number of amides is 1. The molecule has 0 aromatic heterocycles. The van der Waals surface area contributed by atoms with Crippen molar-refractivity contribution in [1.29, 1.82) is 0 Å². The largest absolute Gasteiger partial charge is 0.507 e. The maximum atomic E-state index is 12.7. The Labute approximate surface area is 171 Å². The Morgan fingerprint density at radius 3 is 2.39 bits per heavy atom. The highest BCUT2D eigenvalue weighted by Gasteiger charge is 2.45. The fourth-order valence-corrected chi connectivity index (χ4v) is 3.68. The fraction of sp³-hybridized carbons (Fsp3) is 0.200. The zero-order valence-corrected chi connectivity index (χ0v) is 16.4. The van der Waals surface area contributed by atoms with Crippen molar-refractivity contribution in [3.05, 3.63) is 69.2 Å². The first-order valence-corrected chi connectivity index (χ1v) is 9.13. The van der Waals surface area contributed by atoms with Crippen LogP contribution in [0.2, 0.25) is 10.0 Å². The van der Waals surface area contributed by atoms with Gasteiger partial charge in [-0.2, -0.15) is 0 Å². The number of carbonyl (C=O) groups excluding carboxylic acids is 2. The number of halogens is 2. The summed E-state index contributed by atoms with van der Waals surface area (Å²) in [5.41, 5.74) is 0.666. The Morgan fingerprint density at radius 1 is 1.14 bits per heavy atom. The number of carbonyl (C=O) groups is 2. The van der Waals surface area contributed by atoms with Crippen LogP contribution in [0.3, 0.4) is 0 Å². The van der Waals surface area contributed by atoms with Crippen molar-refractivity contribution in [3.63, 3.8) is 0 Å². The summed E-state index contributed by atoms with van der Waals surface area (Å²) in [6.07, 6.45) is 0. The zero-order valence-electron chi connectivity index (χ0n) is 14.9. The molecule has 1 aliphatic heterocycles. The van der Waals surface area contributed by atoms with Crippen LogP contribution < -0.4 is 4.74 Å². The molecule has 0 aliphatic carbocycles. The van der Waals surface area contributed by atoms with Crippen LogP contribution in [0.15, 0.2) is 48.0 Å². The number of nitrogens with zero attached hydrogens (tertiary/aromatic N) is 1. The van der Waals surface area contributed by atoms with Gasteiger partial charge >= 0.3 is 0 Å². The van der Waals surface area contributed by atoms with Crippen LogP contribution in [0.1, 0.15) is 17.2 Å². The standard InChI is InChI=1S/C20H17Cl2NO5/c1-28-13-5-2-11(3-6-13)17-16(19(26)20(27)23(17)8-9-24)18(25)14-7-4-12(21)10-15(14)22/h2-7,10,17,24-25H,8-9H2,1H3. The summed E-state index contributed by atoms with van der Waals surface area (Å²) in [5, 5.41) is 20.7. The van der Waals surface area contributed by atoms with Crippen molar-refractivity contribution in [3.8, 4) is 5.75 Å². The maximum absolute atomic E-state index is 12.7. The van der Waals surface area contributed by atoms with E-state index < -0.39 is 23.5 Å². The van der Waals surface area contributed by atoms with Crippen molar-refractivity contribution in [1.82, 2.24) is 4.90 Å². The van der Waals surface area contributed by atoms with Gasteiger partial charge in [0.25, 0.3) is 11.7 Å². The predicted octanol–water partition coefficient (Wildman–Crippen LogP) is 3.42. The van der Waals surface area contributed by atoms with Crippen molar-refractivity contribution < 1.29 is 24.5 Å². The van der Waals surface area contributed by atoms with Crippen LogP contribution in [0, 0.1) is 0 Å². The third-order valence-electron chi connectivity index (χ3n) is 4.50. The Hall–Kier alpha value is -2.54. The molecular formula is C20H17Cl2NO5. The van der Waals surface area contributed by atoms with Crippen LogP contribution in [-0.4, -0.2) is 47.1 Å². The average molecular weight is 422 g/mol. The van der Waals surface area contributed by atoms with Crippen LogP contribution in [0.4, 0.5) is 0 Å². The molecule has 2 N–H and O–H groups in total. The lowest BCUT2D eigenvalue weighted by Crippen LogP contribution is -2.32. The summed E-state index contributed by atoms with van der Waals surface area (Å²) in [6.45, 7) is -0.395. The molecule has 1 fully saturated rings. The third kappa shape index (κ3) is 3.58. The van der Waals surface area contributed by atoms with Gasteiger partial charge in [0.2, 0.25) is 0 Å². The van der Waals surface area contributed by atoms with Gasteiger partial charge in [0.05, 0.1) is 30.4 Å². The molecule has 1 atom stereocenters. The minimum absolute atomic E-state index is 0.0631. The van der Waals surface area contributed by atoms with E-state index in [1.807, 2.05) is 0 Å². The Kier molecular flexibility index (Phi) is 5.93. The number of ether oxygens (including phenoxy) is 1. The van der Waals surface area contributed by atoms with Crippen LogP contribution >= 0.6 is 23.2 Å². The summed E-state index contributed by atoms with van der Waals surface area (Å²) in [7, 11) is 1.52. The predicted molar refractivity (Wildman–Crippen MR) is 106 cm³/mol. The molecule has 6 nitrogen and oxygen atoms in total. The Morgan fingerprint density at radius 2 is 1.82 bits per heavy atom. The molecule has 0 bridgehead atoms. The second kappa shape index (κ2) is 8.22. The summed E-state index contributed by atoms with van der Waals surface area (Å²) in [6, 6.07) is 10.3. The quantitative estimate of drug-likeness (QED) is 0.438. The number of aliphatic hydroxyl groups excluding tert-OH is 2. The fourth-order valence-electron chi connectivity index (χ4n) is 3.18. The van der Waals surface area contributed by atoms with E-state index >= 15 is 0 Å². The molecule has 28 heavy (non-hydrogen) atoms. The second-order valence-corrected chi connectivity index (χ2v) is 6.96. The van der Waals surface area contributed by atoms with E-state index in [0.29, 0.717) is 16.3 Å². The molecule has 146 valence electrons. The van der Waals surface area contributed by atoms with Gasteiger partial charge in [-0.25, -0.2) is 0 Å². The normalized spacial score (nSPS) is 18.6. The molecule has 2 aromatic rings. The highest BCUT2D eigenvalue weighted by Crippen LogP contribution is 2.40. The molecule has 2 aromatic carbocycles. The molecule has 3 rings (SSSR count). The van der Waals surface area contributed by atoms with E-state index in [9.17, 15) is 19.8 Å². The van der Waals surface area contributed by atoms with Crippen LogP contribution in [-0.2, 0) is 9.59 Å². The van der Waals surface area contributed by atoms with Crippen molar-refractivity contribution >= 4 is 40.7 Å². The molecule has 1 heterocycles. The monoisotopic (exact) mass is 421 g/mol. The van der Waals surface area contributed by atoms with Gasteiger partial charge in [-0.15, -0.1) is 0 Å². The van der Waals surface area contributed by atoms with Crippen molar-refractivity contribution in [2.75, 3.05) is 20.3 Å². The molecule has 1 amide bonds. The van der Waals surface area contributed by atoms with Gasteiger partial charge < -0.3 is 19.8 Å². The molecule has 1 saturated heterocycles. The molecule has 0 saturated carbocycles. The molecule has 0 spiro atoms. The van der Waals surface area contributed by atoms with Crippen LogP contribution in [0.5, 0.6) is 5.75 Å². The van der Waals surface area contributed by atoms with Gasteiger partial charge in [0, 0.05) is 17.1 Å². The lowest BCUT2D eigenvalue weighted by molar-refractivity contribution is -0.140. The highest BCUT2D eigenvalue weighted by molar-refractivity contribution is 6.47. The molecule has 0 radical (unpaired) electrons. The summed E-state index contributed by atoms with van der Waals surface area (Å²) in [5.74, 6) is -1.45.